The van der Waals surface area contributed by atoms with Crippen molar-refractivity contribution >= 4 is 11.6 Å². The van der Waals surface area contributed by atoms with Gasteiger partial charge in [-0.25, -0.2) is 4.39 Å². The zero-order valence-electron chi connectivity index (χ0n) is 11.0. The third-order valence-electron chi connectivity index (χ3n) is 3.16. The van der Waals surface area contributed by atoms with Crippen molar-refractivity contribution in [1.82, 2.24) is 0 Å². The summed E-state index contributed by atoms with van der Waals surface area (Å²) in [7, 11) is 0. The quantitative estimate of drug-likeness (QED) is 0.884. The van der Waals surface area contributed by atoms with Crippen LogP contribution in [0.3, 0.4) is 0 Å². The van der Waals surface area contributed by atoms with Gasteiger partial charge in [-0.15, -0.1) is 0 Å². The normalized spacial score (nSPS) is 12.5. The number of rotatable bonds is 3. The van der Waals surface area contributed by atoms with E-state index in [0.717, 1.165) is 11.1 Å². The molecular weight excluding hydrogens is 263 g/mol. The van der Waals surface area contributed by atoms with Crippen LogP contribution in [0, 0.1) is 19.7 Å². The number of benzene rings is 2. The Labute approximate surface area is 117 Å². The van der Waals surface area contributed by atoms with E-state index in [1.54, 1.807) is 32.0 Å². The van der Waals surface area contributed by atoms with Crippen molar-refractivity contribution in [3.05, 3.63) is 69.5 Å². The maximum Gasteiger partial charge on any atom is 0.129 e. The first-order chi connectivity index (χ1) is 8.97. The fraction of sp³-hybridized carbons (Fsp3) is 0.250. The highest BCUT2D eigenvalue weighted by Crippen LogP contribution is 2.24. The minimum absolute atomic E-state index is 0.210. The molecule has 0 fully saturated rings. The second kappa shape index (κ2) is 5.72. The molecule has 0 saturated carbocycles. The number of hydrogen-bond donors (Lipinski definition) is 1. The molecular formula is C16H16ClFO. The molecule has 0 spiro atoms. The molecule has 19 heavy (non-hydrogen) atoms. The molecule has 0 radical (unpaired) electrons. The Kier molecular flexibility index (Phi) is 4.23. The first kappa shape index (κ1) is 14.0. The predicted molar refractivity (Wildman–Crippen MR) is 76.0 cm³/mol. The van der Waals surface area contributed by atoms with Crippen LogP contribution in [-0.2, 0) is 6.42 Å². The summed E-state index contributed by atoms with van der Waals surface area (Å²) in [5.74, 6) is -0.210. The van der Waals surface area contributed by atoms with E-state index in [-0.39, 0.29) is 5.82 Å². The molecule has 2 rings (SSSR count). The Morgan fingerprint density at radius 3 is 2.37 bits per heavy atom. The summed E-state index contributed by atoms with van der Waals surface area (Å²) in [6, 6.07) is 10.8. The molecule has 0 amide bonds. The van der Waals surface area contributed by atoms with Crippen molar-refractivity contribution in [3.8, 4) is 0 Å². The van der Waals surface area contributed by atoms with Crippen LogP contribution in [0.15, 0.2) is 36.4 Å². The van der Waals surface area contributed by atoms with Crippen LogP contribution in [0.2, 0.25) is 5.02 Å². The third kappa shape index (κ3) is 3.34. The summed E-state index contributed by atoms with van der Waals surface area (Å²) in [6.45, 7) is 3.41. The Hall–Kier alpha value is -1.38. The topological polar surface area (TPSA) is 20.2 Å². The minimum Gasteiger partial charge on any atom is -0.388 e. The summed E-state index contributed by atoms with van der Waals surface area (Å²) >= 11 is 5.91. The minimum atomic E-state index is -0.656. The highest BCUT2D eigenvalue weighted by atomic mass is 35.5. The molecule has 1 unspecified atom stereocenters. The van der Waals surface area contributed by atoms with Crippen molar-refractivity contribution in [2.24, 2.45) is 0 Å². The molecule has 1 N–H and O–H groups in total. The van der Waals surface area contributed by atoms with Gasteiger partial charge in [0.1, 0.15) is 5.82 Å². The van der Waals surface area contributed by atoms with E-state index in [9.17, 15) is 9.50 Å². The van der Waals surface area contributed by atoms with Crippen molar-refractivity contribution < 1.29 is 9.50 Å². The fourth-order valence-electron chi connectivity index (χ4n) is 2.18. The highest BCUT2D eigenvalue weighted by molar-refractivity contribution is 6.30. The van der Waals surface area contributed by atoms with Crippen LogP contribution < -0.4 is 0 Å². The molecule has 0 aliphatic carbocycles. The zero-order chi connectivity index (χ0) is 14.0. The van der Waals surface area contributed by atoms with Crippen LogP contribution >= 0.6 is 11.6 Å². The van der Waals surface area contributed by atoms with Crippen LogP contribution in [0.25, 0.3) is 0 Å². The number of aliphatic hydroxyl groups excluding tert-OH is 1. The summed E-state index contributed by atoms with van der Waals surface area (Å²) in [4.78, 5) is 0. The van der Waals surface area contributed by atoms with Gasteiger partial charge in [-0.05, 0) is 48.2 Å². The van der Waals surface area contributed by atoms with Crippen LogP contribution in [0.1, 0.15) is 28.4 Å². The Morgan fingerprint density at radius 2 is 1.79 bits per heavy atom. The SMILES string of the molecule is Cc1cc(C(O)Cc2cccc(Cl)c2)cc(C)c1F. The van der Waals surface area contributed by atoms with Gasteiger partial charge in [0, 0.05) is 11.4 Å². The lowest BCUT2D eigenvalue weighted by atomic mass is 9.98. The van der Waals surface area contributed by atoms with Crippen molar-refractivity contribution in [3.63, 3.8) is 0 Å². The average Bonchev–Trinajstić information content (AvgIpc) is 2.35. The lowest BCUT2D eigenvalue weighted by Gasteiger charge is -2.14. The van der Waals surface area contributed by atoms with E-state index in [4.69, 9.17) is 11.6 Å². The molecule has 100 valence electrons. The Bertz CT molecular complexity index is 572. The summed E-state index contributed by atoms with van der Waals surface area (Å²) in [5, 5.41) is 10.9. The van der Waals surface area contributed by atoms with Crippen LogP contribution in [0.5, 0.6) is 0 Å². The van der Waals surface area contributed by atoms with Crippen molar-refractivity contribution in [2.45, 2.75) is 26.4 Å². The van der Waals surface area contributed by atoms with Gasteiger partial charge < -0.3 is 5.11 Å². The van der Waals surface area contributed by atoms with Crippen molar-refractivity contribution in [2.75, 3.05) is 0 Å². The molecule has 1 atom stereocenters. The molecule has 0 aliphatic heterocycles. The first-order valence-corrected chi connectivity index (χ1v) is 6.54. The van der Waals surface area contributed by atoms with E-state index < -0.39 is 6.10 Å². The van der Waals surface area contributed by atoms with Gasteiger partial charge in [-0.3, -0.25) is 0 Å². The second-order valence-electron chi connectivity index (χ2n) is 4.82. The molecule has 2 aromatic rings. The fourth-order valence-corrected chi connectivity index (χ4v) is 2.39. The van der Waals surface area contributed by atoms with Gasteiger partial charge in [0.05, 0.1) is 6.10 Å². The maximum absolute atomic E-state index is 13.6. The number of halogens is 2. The van der Waals surface area contributed by atoms with Gasteiger partial charge in [0.25, 0.3) is 0 Å². The lowest BCUT2D eigenvalue weighted by molar-refractivity contribution is 0.178. The molecule has 1 nitrogen and oxygen atoms in total. The van der Waals surface area contributed by atoms with E-state index in [2.05, 4.69) is 0 Å². The van der Waals surface area contributed by atoms with Gasteiger partial charge in [0.15, 0.2) is 0 Å². The molecule has 0 aliphatic rings. The van der Waals surface area contributed by atoms with Gasteiger partial charge in [0.2, 0.25) is 0 Å². The second-order valence-corrected chi connectivity index (χ2v) is 5.25. The molecule has 2 aromatic carbocycles. The molecule has 0 aromatic heterocycles. The predicted octanol–water partition coefficient (Wildman–Crippen LogP) is 4.37. The van der Waals surface area contributed by atoms with Crippen LogP contribution in [-0.4, -0.2) is 5.11 Å². The summed E-state index contributed by atoms with van der Waals surface area (Å²) < 4.78 is 13.6. The molecule has 3 heteroatoms. The van der Waals surface area contributed by atoms with Crippen LogP contribution in [0.4, 0.5) is 4.39 Å². The largest absolute Gasteiger partial charge is 0.388 e. The van der Waals surface area contributed by atoms with Gasteiger partial charge in [-0.2, -0.15) is 0 Å². The molecule has 0 bridgehead atoms. The molecule has 0 heterocycles. The number of hydrogen-bond acceptors (Lipinski definition) is 1. The first-order valence-electron chi connectivity index (χ1n) is 6.16. The van der Waals surface area contributed by atoms with Gasteiger partial charge in [-0.1, -0.05) is 35.9 Å². The summed E-state index contributed by atoms with van der Waals surface area (Å²) in [6.07, 6.45) is -0.193. The molecule has 0 saturated heterocycles. The van der Waals surface area contributed by atoms with Gasteiger partial charge >= 0.3 is 0 Å². The van der Waals surface area contributed by atoms with E-state index >= 15 is 0 Å². The standard InChI is InChI=1S/C16H16ClFO/c1-10-6-13(7-11(2)16(10)18)15(19)9-12-4-3-5-14(17)8-12/h3-8,15,19H,9H2,1-2H3. The maximum atomic E-state index is 13.6. The smallest absolute Gasteiger partial charge is 0.129 e. The highest BCUT2D eigenvalue weighted by Gasteiger charge is 2.12. The number of aliphatic hydroxyl groups is 1. The van der Waals surface area contributed by atoms with E-state index in [1.807, 2.05) is 18.2 Å². The average molecular weight is 279 g/mol. The van der Waals surface area contributed by atoms with Crippen molar-refractivity contribution in [1.29, 1.82) is 0 Å². The summed E-state index contributed by atoms with van der Waals surface area (Å²) in [5.41, 5.74) is 2.80. The van der Waals surface area contributed by atoms with E-state index in [1.165, 1.54) is 0 Å². The zero-order valence-corrected chi connectivity index (χ0v) is 11.7. The lowest BCUT2D eigenvalue weighted by Crippen LogP contribution is -2.04. The monoisotopic (exact) mass is 278 g/mol. The Morgan fingerprint density at radius 1 is 1.16 bits per heavy atom. The Balaban J connectivity index is 2.23. The number of aryl methyl sites for hydroxylation is 2. The third-order valence-corrected chi connectivity index (χ3v) is 3.40. The van der Waals surface area contributed by atoms with E-state index in [0.29, 0.717) is 22.6 Å².